The molecule has 1 aliphatic heterocycles. The number of amides is 2. The van der Waals surface area contributed by atoms with Gasteiger partial charge in [-0.05, 0) is 19.8 Å². The van der Waals surface area contributed by atoms with E-state index >= 15 is 0 Å². The van der Waals surface area contributed by atoms with Gasteiger partial charge in [-0.15, -0.1) is 0 Å². The van der Waals surface area contributed by atoms with Crippen LogP contribution in [0.15, 0.2) is 12.2 Å². The highest BCUT2D eigenvalue weighted by molar-refractivity contribution is 6.05. The minimum absolute atomic E-state index is 0.319. The van der Waals surface area contributed by atoms with Gasteiger partial charge in [0.05, 0.1) is 0 Å². The van der Waals surface area contributed by atoms with Gasteiger partial charge >= 0.3 is 0 Å². The third-order valence-corrected chi connectivity index (χ3v) is 2.22. The van der Waals surface area contributed by atoms with Crippen molar-refractivity contribution in [2.24, 2.45) is 5.84 Å². The molecule has 1 fully saturated rings. The summed E-state index contributed by atoms with van der Waals surface area (Å²) < 4.78 is 0. The highest BCUT2D eigenvalue weighted by Crippen LogP contribution is 2.12. The van der Waals surface area contributed by atoms with Gasteiger partial charge < -0.3 is 0 Å². The van der Waals surface area contributed by atoms with Gasteiger partial charge in [-0.1, -0.05) is 6.58 Å². The van der Waals surface area contributed by atoms with Gasteiger partial charge in [-0.3, -0.25) is 20.7 Å². The van der Waals surface area contributed by atoms with Crippen LogP contribution in [0.1, 0.15) is 19.8 Å². The molecule has 14 heavy (non-hydrogen) atoms. The lowest BCUT2D eigenvalue weighted by Gasteiger charge is -2.17. The monoisotopic (exact) mass is 197 g/mol. The molecule has 78 valence electrons. The van der Waals surface area contributed by atoms with Crippen LogP contribution in [0.3, 0.4) is 0 Å². The van der Waals surface area contributed by atoms with E-state index in [2.05, 4.69) is 11.9 Å². The molecule has 0 aromatic carbocycles. The fourth-order valence-corrected chi connectivity index (χ4v) is 1.37. The van der Waals surface area contributed by atoms with Crippen LogP contribution < -0.4 is 11.2 Å². The van der Waals surface area contributed by atoms with Crippen LogP contribution in [0, 0.1) is 0 Å². The maximum atomic E-state index is 11.5. The lowest BCUT2D eigenvalue weighted by atomic mass is 10.2. The smallest absolute Gasteiger partial charge is 0.252 e. The molecular weight excluding hydrogens is 182 g/mol. The van der Waals surface area contributed by atoms with E-state index in [-0.39, 0.29) is 11.9 Å². The summed E-state index contributed by atoms with van der Waals surface area (Å²) in [4.78, 5) is 22.6. The van der Waals surface area contributed by atoms with Crippen LogP contribution in [0.25, 0.3) is 0 Å². The van der Waals surface area contributed by atoms with Gasteiger partial charge in [-0.25, -0.2) is 5.01 Å². The van der Waals surface area contributed by atoms with Crippen LogP contribution in [0.5, 0.6) is 0 Å². The number of carbonyl (C=O) groups is 2. The molecule has 0 saturated carbocycles. The summed E-state index contributed by atoms with van der Waals surface area (Å²) in [6.07, 6.45) is 1.58. The third-order valence-electron chi connectivity index (χ3n) is 2.22. The summed E-state index contributed by atoms with van der Waals surface area (Å²) >= 11 is 0. The van der Waals surface area contributed by atoms with Gasteiger partial charge in [-0.2, -0.15) is 0 Å². The minimum Gasteiger partial charge on any atom is -0.291 e. The number of carbonyl (C=O) groups excluding carboxylic acids is 2. The highest BCUT2D eigenvalue weighted by atomic mass is 16.2. The fourth-order valence-electron chi connectivity index (χ4n) is 1.37. The second-order valence-corrected chi connectivity index (χ2v) is 3.49. The fraction of sp³-hybridized carbons (Fsp3) is 0.556. The Kier molecular flexibility index (Phi) is 3.38. The van der Waals surface area contributed by atoms with Crippen LogP contribution in [0.2, 0.25) is 0 Å². The van der Waals surface area contributed by atoms with Gasteiger partial charge in [0.15, 0.2) is 0 Å². The Morgan fingerprint density at radius 3 is 2.64 bits per heavy atom. The molecule has 0 radical (unpaired) electrons. The number of nitrogens with two attached hydrogens (primary N) is 1. The number of nitrogens with zero attached hydrogens (tertiary/aromatic N) is 1. The molecule has 0 aromatic heterocycles. The summed E-state index contributed by atoms with van der Waals surface area (Å²) in [5.41, 5.74) is 0.319. The molecule has 1 rings (SSSR count). The molecule has 0 unspecified atom stereocenters. The molecule has 3 N–H and O–H groups in total. The molecule has 0 spiro atoms. The second kappa shape index (κ2) is 4.34. The number of nitrogens with one attached hydrogen (secondary N) is 1. The van der Waals surface area contributed by atoms with Crippen LogP contribution in [0.4, 0.5) is 0 Å². The lowest BCUT2D eigenvalue weighted by molar-refractivity contribution is -0.131. The van der Waals surface area contributed by atoms with E-state index in [4.69, 9.17) is 5.84 Å². The minimum atomic E-state index is -0.435. The zero-order chi connectivity index (χ0) is 10.7. The first-order chi connectivity index (χ1) is 6.52. The first-order valence-electron chi connectivity index (χ1n) is 4.54. The summed E-state index contributed by atoms with van der Waals surface area (Å²) in [6, 6.07) is -0.377. The quantitative estimate of drug-likeness (QED) is 0.464. The van der Waals surface area contributed by atoms with Crippen LogP contribution in [-0.4, -0.2) is 29.4 Å². The average Bonchev–Trinajstić information content (AvgIpc) is 2.51. The SMILES string of the molecule is C=C(C)C(=O)NC(=O)[C@@H]1CCCN1N. The maximum Gasteiger partial charge on any atom is 0.252 e. The average molecular weight is 197 g/mol. The first-order valence-corrected chi connectivity index (χ1v) is 4.54. The van der Waals surface area contributed by atoms with E-state index in [0.717, 1.165) is 6.42 Å². The summed E-state index contributed by atoms with van der Waals surface area (Å²) in [7, 11) is 0. The van der Waals surface area contributed by atoms with E-state index in [1.165, 1.54) is 5.01 Å². The molecular formula is C9H15N3O2. The molecule has 5 nitrogen and oxygen atoms in total. The van der Waals surface area contributed by atoms with Crippen LogP contribution in [-0.2, 0) is 9.59 Å². The standard InChI is InChI=1S/C9H15N3O2/c1-6(2)8(13)11-9(14)7-4-3-5-12(7)10/h7H,1,3-5,10H2,2H3,(H,11,13,14)/t7-/m0/s1. The van der Waals surface area contributed by atoms with Crippen molar-refractivity contribution in [3.05, 3.63) is 12.2 Å². The van der Waals surface area contributed by atoms with E-state index in [1.807, 2.05) is 0 Å². The van der Waals surface area contributed by atoms with Crippen molar-refractivity contribution in [3.63, 3.8) is 0 Å². The molecule has 0 aromatic rings. The van der Waals surface area contributed by atoms with Crippen molar-refractivity contribution >= 4 is 11.8 Å². The van der Waals surface area contributed by atoms with E-state index < -0.39 is 5.91 Å². The Morgan fingerprint density at radius 1 is 1.57 bits per heavy atom. The van der Waals surface area contributed by atoms with Crippen LogP contribution >= 0.6 is 0 Å². The van der Waals surface area contributed by atoms with E-state index in [0.29, 0.717) is 18.5 Å². The Morgan fingerprint density at radius 2 is 2.21 bits per heavy atom. The number of rotatable bonds is 2. The van der Waals surface area contributed by atoms with Crippen molar-refractivity contribution in [1.29, 1.82) is 0 Å². The molecule has 0 aliphatic carbocycles. The summed E-state index contributed by atoms with van der Waals surface area (Å²) in [6.45, 7) is 5.69. The Bertz CT molecular complexity index is 275. The van der Waals surface area contributed by atoms with Gasteiger partial charge in [0, 0.05) is 12.1 Å². The molecule has 2 amide bonds. The molecule has 1 atom stereocenters. The van der Waals surface area contributed by atoms with Crippen molar-refractivity contribution < 1.29 is 9.59 Å². The lowest BCUT2D eigenvalue weighted by Crippen LogP contribution is -2.48. The van der Waals surface area contributed by atoms with Gasteiger partial charge in [0.2, 0.25) is 5.91 Å². The first kappa shape index (κ1) is 10.9. The zero-order valence-electron chi connectivity index (χ0n) is 8.25. The van der Waals surface area contributed by atoms with E-state index in [1.54, 1.807) is 6.92 Å². The highest BCUT2D eigenvalue weighted by Gasteiger charge is 2.29. The van der Waals surface area contributed by atoms with Crippen molar-refractivity contribution in [3.8, 4) is 0 Å². The van der Waals surface area contributed by atoms with Crippen molar-refractivity contribution in [1.82, 2.24) is 10.3 Å². The molecule has 1 saturated heterocycles. The number of hydrazine groups is 1. The molecule has 0 bridgehead atoms. The number of hydrogen-bond acceptors (Lipinski definition) is 4. The van der Waals surface area contributed by atoms with Gasteiger partial charge in [0.25, 0.3) is 5.91 Å². The second-order valence-electron chi connectivity index (χ2n) is 3.49. The summed E-state index contributed by atoms with van der Waals surface area (Å²) in [5.74, 6) is 4.80. The molecule has 5 heteroatoms. The topological polar surface area (TPSA) is 75.4 Å². The Hall–Kier alpha value is -1.20. The Balaban J connectivity index is 2.49. The largest absolute Gasteiger partial charge is 0.291 e. The predicted octanol–water partition coefficient (Wildman–Crippen LogP) is -0.457. The third kappa shape index (κ3) is 2.40. The van der Waals surface area contributed by atoms with Crippen molar-refractivity contribution in [2.45, 2.75) is 25.8 Å². The van der Waals surface area contributed by atoms with E-state index in [9.17, 15) is 9.59 Å². The number of hydrogen-bond donors (Lipinski definition) is 2. The van der Waals surface area contributed by atoms with Crippen molar-refractivity contribution in [2.75, 3.05) is 6.54 Å². The predicted molar refractivity (Wildman–Crippen MR) is 51.9 cm³/mol. The van der Waals surface area contributed by atoms with Gasteiger partial charge in [0.1, 0.15) is 6.04 Å². The molecule has 1 heterocycles. The summed E-state index contributed by atoms with van der Waals surface area (Å²) in [5, 5.41) is 3.71. The Labute approximate surface area is 82.9 Å². The zero-order valence-corrected chi connectivity index (χ0v) is 8.25. The number of imide groups is 1. The molecule has 1 aliphatic rings. The maximum absolute atomic E-state index is 11.5. The normalized spacial score (nSPS) is 22.0.